The van der Waals surface area contributed by atoms with E-state index in [1.54, 1.807) is 30.3 Å². The normalized spacial score (nSPS) is 14.9. The Morgan fingerprint density at radius 3 is 2.70 bits per heavy atom. The van der Waals surface area contributed by atoms with Crippen LogP contribution in [0.4, 0.5) is 5.69 Å². The zero-order valence-electron chi connectivity index (χ0n) is 16.3. The van der Waals surface area contributed by atoms with Gasteiger partial charge in [0.1, 0.15) is 0 Å². The Kier molecular flexibility index (Phi) is 7.07. The number of methoxy groups -OCH3 is 1. The average molecular weight is 450 g/mol. The van der Waals surface area contributed by atoms with Gasteiger partial charge >= 0.3 is 0 Å². The molecule has 1 atom stereocenters. The Labute approximate surface area is 182 Å². The quantitative estimate of drug-likeness (QED) is 0.585. The van der Waals surface area contributed by atoms with Crippen molar-refractivity contribution in [3.8, 4) is 11.5 Å². The van der Waals surface area contributed by atoms with Gasteiger partial charge in [0.25, 0.3) is 5.91 Å². The molecule has 0 radical (unpaired) electrons. The molecule has 0 saturated heterocycles. The Morgan fingerprint density at radius 1 is 1.17 bits per heavy atom. The van der Waals surface area contributed by atoms with E-state index in [0.29, 0.717) is 28.8 Å². The summed E-state index contributed by atoms with van der Waals surface area (Å²) in [6.07, 6.45) is -0.106. The van der Waals surface area contributed by atoms with Gasteiger partial charge in [0.05, 0.1) is 24.7 Å². The Bertz CT molecular complexity index is 985. The third-order valence-electron chi connectivity index (χ3n) is 4.17. The van der Waals surface area contributed by atoms with Crippen molar-refractivity contribution in [3.05, 3.63) is 47.0 Å². The van der Waals surface area contributed by atoms with Crippen molar-refractivity contribution in [2.75, 3.05) is 19.0 Å². The number of nitrogens with one attached hydrogen (secondary N) is 3. The Hall–Kier alpha value is -2.91. The van der Waals surface area contributed by atoms with E-state index in [2.05, 4.69) is 16.2 Å². The van der Waals surface area contributed by atoms with Crippen molar-refractivity contribution in [2.45, 2.75) is 23.5 Å². The van der Waals surface area contributed by atoms with Crippen LogP contribution < -0.4 is 25.6 Å². The van der Waals surface area contributed by atoms with Gasteiger partial charge in [-0.15, -0.1) is 11.8 Å². The van der Waals surface area contributed by atoms with Crippen molar-refractivity contribution >= 4 is 46.8 Å². The third-order valence-corrected chi connectivity index (χ3v) is 5.68. The lowest BCUT2D eigenvalue weighted by Crippen LogP contribution is -2.44. The molecule has 30 heavy (non-hydrogen) atoms. The van der Waals surface area contributed by atoms with Gasteiger partial charge in [0.2, 0.25) is 11.8 Å². The molecule has 1 unspecified atom stereocenters. The first-order valence-corrected chi connectivity index (χ1v) is 10.3. The van der Waals surface area contributed by atoms with Gasteiger partial charge < -0.3 is 14.8 Å². The molecule has 0 aromatic heterocycles. The first-order valence-electron chi connectivity index (χ1n) is 9.08. The number of hydrogen-bond donors (Lipinski definition) is 3. The smallest absolute Gasteiger partial charge is 0.269 e. The highest BCUT2D eigenvalue weighted by Gasteiger charge is 2.29. The van der Waals surface area contributed by atoms with Gasteiger partial charge in [-0.2, -0.15) is 0 Å². The predicted octanol–water partition coefficient (Wildman–Crippen LogP) is 3.01. The topological polar surface area (TPSA) is 106 Å². The molecule has 3 amide bonds. The van der Waals surface area contributed by atoms with Gasteiger partial charge in [-0.1, -0.05) is 11.6 Å². The van der Waals surface area contributed by atoms with E-state index in [0.717, 1.165) is 4.90 Å². The lowest BCUT2D eigenvalue weighted by molar-refractivity contribution is -0.124. The van der Waals surface area contributed by atoms with Crippen molar-refractivity contribution in [2.24, 2.45) is 0 Å². The fourth-order valence-electron chi connectivity index (χ4n) is 2.76. The van der Waals surface area contributed by atoms with Crippen LogP contribution in [0.5, 0.6) is 11.5 Å². The number of ether oxygens (including phenoxy) is 2. The van der Waals surface area contributed by atoms with Gasteiger partial charge in [0, 0.05) is 21.9 Å². The van der Waals surface area contributed by atoms with Crippen LogP contribution in [-0.2, 0) is 9.59 Å². The van der Waals surface area contributed by atoms with Crippen LogP contribution in [0.2, 0.25) is 5.02 Å². The molecule has 0 saturated carbocycles. The van der Waals surface area contributed by atoms with Gasteiger partial charge in [-0.25, -0.2) is 0 Å². The zero-order valence-corrected chi connectivity index (χ0v) is 17.9. The fourth-order valence-corrected chi connectivity index (χ4v) is 4.02. The molecule has 3 rings (SSSR count). The Morgan fingerprint density at radius 2 is 1.97 bits per heavy atom. The standard InChI is InChI=1S/C20H20ClN3O5S/c1-3-29-14-6-4-11(8-15(14)28-2)19(26)24-23-18(25)10-17-20(27)22-13-9-12(21)5-7-16(13)30-17/h4-9,17H,3,10H2,1-2H3,(H,22,27)(H,23,25)(H,24,26). The molecule has 10 heteroatoms. The summed E-state index contributed by atoms with van der Waals surface area (Å²) in [4.78, 5) is 37.6. The van der Waals surface area contributed by atoms with Crippen LogP contribution >= 0.6 is 23.4 Å². The largest absolute Gasteiger partial charge is 0.493 e. The maximum atomic E-state index is 12.3. The monoisotopic (exact) mass is 449 g/mol. The van der Waals surface area contributed by atoms with Crippen LogP contribution in [0, 0.1) is 0 Å². The fraction of sp³-hybridized carbons (Fsp3) is 0.250. The van der Waals surface area contributed by atoms with E-state index in [1.807, 2.05) is 6.92 Å². The number of hydrazine groups is 1. The number of carbonyl (C=O) groups is 3. The van der Waals surface area contributed by atoms with Crippen LogP contribution in [0.1, 0.15) is 23.7 Å². The number of carbonyl (C=O) groups excluding carboxylic acids is 3. The van der Waals surface area contributed by atoms with Crippen LogP contribution in [0.25, 0.3) is 0 Å². The second-order valence-corrected chi connectivity index (χ2v) is 7.92. The lowest BCUT2D eigenvalue weighted by Gasteiger charge is -2.23. The Balaban J connectivity index is 1.56. The van der Waals surface area contributed by atoms with Crippen molar-refractivity contribution in [1.82, 2.24) is 10.9 Å². The number of halogens is 1. The summed E-state index contributed by atoms with van der Waals surface area (Å²) >= 11 is 7.20. The van der Waals surface area contributed by atoms with E-state index in [9.17, 15) is 14.4 Å². The second kappa shape index (κ2) is 9.73. The highest BCUT2D eigenvalue weighted by Crippen LogP contribution is 2.38. The minimum atomic E-state index is -0.624. The predicted molar refractivity (Wildman–Crippen MR) is 114 cm³/mol. The molecule has 158 valence electrons. The third kappa shape index (κ3) is 5.17. The maximum Gasteiger partial charge on any atom is 0.269 e. The molecule has 2 aromatic rings. The summed E-state index contributed by atoms with van der Waals surface area (Å²) in [5.41, 5.74) is 5.57. The second-order valence-electron chi connectivity index (χ2n) is 6.24. The summed E-state index contributed by atoms with van der Waals surface area (Å²) < 4.78 is 10.6. The average Bonchev–Trinajstić information content (AvgIpc) is 2.73. The van der Waals surface area contributed by atoms with Gasteiger partial charge in [0.15, 0.2) is 11.5 Å². The molecule has 1 heterocycles. The number of anilines is 1. The molecule has 1 aliphatic rings. The first kappa shape index (κ1) is 21.8. The summed E-state index contributed by atoms with van der Waals surface area (Å²) in [5, 5.41) is 2.63. The van der Waals surface area contributed by atoms with Crippen LogP contribution in [0.15, 0.2) is 41.3 Å². The molecule has 0 bridgehead atoms. The number of thioether (sulfide) groups is 1. The minimum absolute atomic E-state index is 0.106. The van der Waals surface area contributed by atoms with Gasteiger partial charge in [-0.05, 0) is 43.3 Å². The van der Waals surface area contributed by atoms with E-state index < -0.39 is 17.1 Å². The van der Waals surface area contributed by atoms with Gasteiger partial charge in [-0.3, -0.25) is 25.2 Å². The van der Waals surface area contributed by atoms with E-state index >= 15 is 0 Å². The highest BCUT2D eigenvalue weighted by atomic mass is 35.5. The lowest BCUT2D eigenvalue weighted by atomic mass is 10.2. The molecule has 3 N–H and O–H groups in total. The van der Waals surface area contributed by atoms with E-state index in [1.165, 1.54) is 24.9 Å². The highest BCUT2D eigenvalue weighted by molar-refractivity contribution is 8.01. The number of fused-ring (bicyclic) bond motifs is 1. The van der Waals surface area contributed by atoms with Crippen LogP contribution in [0.3, 0.4) is 0 Å². The number of benzene rings is 2. The molecular formula is C20H20ClN3O5S. The zero-order chi connectivity index (χ0) is 21.7. The maximum absolute atomic E-state index is 12.3. The molecule has 0 spiro atoms. The van der Waals surface area contributed by atoms with Crippen molar-refractivity contribution in [1.29, 1.82) is 0 Å². The summed E-state index contributed by atoms with van der Waals surface area (Å²) in [6.45, 7) is 2.30. The number of rotatable bonds is 6. The number of hydrogen-bond acceptors (Lipinski definition) is 6. The number of amides is 3. The molecular weight excluding hydrogens is 430 g/mol. The van der Waals surface area contributed by atoms with Crippen molar-refractivity contribution in [3.63, 3.8) is 0 Å². The summed E-state index contributed by atoms with van der Waals surface area (Å²) in [5.74, 6) is -0.392. The molecule has 8 nitrogen and oxygen atoms in total. The SMILES string of the molecule is CCOc1ccc(C(=O)NNC(=O)CC2Sc3ccc(Cl)cc3NC2=O)cc1OC. The minimum Gasteiger partial charge on any atom is -0.493 e. The summed E-state index contributed by atoms with van der Waals surface area (Å²) in [6, 6.07) is 9.84. The van der Waals surface area contributed by atoms with Crippen molar-refractivity contribution < 1.29 is 23.9 Å². The molecule has 1 aliphatic heterocycles. The molecule has 0 aliphatic carbocycles. The molecule has 0 fully saturated rings. The molecule has 2 aromatic carbocycles. The first-order chi connectivity index (χ1) is 14.4. The van der Waals surface area contributed by atoms with E-state index in [-0.39, 0.29) is 17.9 Å². The van der Waals surface area contributed by atoms with Crippen LogP contribution in [-0.4, -0.2) is 36.7 Å². The van der Waals surface area contributed by atoms with E-state index in [4.69, 9.17) is 21.1 Å². The summed E-state index contributed by atoms with van der Waals surface area (Å²) in [7, 11) is 1.47.